The van der Waals surface area contributed by atoms with Gasteiger partial charge >= 0.3 is 0 Å². The van der Waals surface area contributed by atoms with E-state index < -0.39 is 10.0 Å². The molecule has 0 saturated carbocycles. The summed E-state index contributed by atoms with van der Waals surface area (Å²) in [6.45, 7) is 1.87. The molecule has 0 atom stereocenters. The molecule has 0 amide bonds. The van der Waals surface area contributed by atoms with Gasteiger partial charge < -0.3 is 4.74 Å². The molecule has 1 saturated heterocycles. The van der Waals surface area contributed by atoms with Crippen molar-refractivity contribution in [2.45, 2.75) is 12.8 Å². The molecule has 1 aromatic carbocycles. The van der Waals surface area contributed by atoms with E-state index in [9.17, 15) is 8.42 Å². The van der Waals surface area contributed by atoms with Crippen LogP contribution in [0.1, 0.15) is 12.0 Å². The van der Waals surface area contributed by atoms with Gasteiger partial charge in [0, 0.05) is 18.5 Å². The molecule has 4 nitrogen and oxygen atoms in total. The number of hydrogen-bond acceptors (Lipinski definition) is 3. The maximum absolute atomic E-state index is 12.0. The van der Waals surface area contributed by atoms with Crippen LogP contribution >= 0.6 is 0 Å². The van der Waals surface area contributed by atoms with Gasteiger partial charge in [-0.3, -0.25) is 0 Å². The zero-order valence-corrected chi connectivity index (χ0v) is 11.7. The Hall–Kier alpha value is -1.17. The Labute approximate surface area is 114 Å². The first kappa shape index (κ1) is 14.2. The maximum Gasteiger partial charge on any atom is 0.236 e. The first-order chi connectivity index (χ1) is 9.18. The molecular formula is C14H19NO3S. The van der Waals surface area contributed by atoms with Gasteiger partial charge in [-0.15, -0.1) is 0 Å². The summed E-state index contributed by atoms with van der Waals surface area (Å²) < 4.78 is 30.6. The molecule has 0 N–H and O–H groups in total. The first-order valence-electron chi connectivity index (χ1n) is 6.47. The summed E-state index contributed by atoms with van der Waals surface area (Å²) in [6, 6.07) is 10.0. The van der Waals surface area contributed by atoms with Crippen LogP contribution in [0.25, 0.3) is 0 Å². The quantitative estimate of drug-likeness (QED) is 0.826. The molecule has 1 fully saturated rings. The van der Waals surface area contributed by atoms with Crippen molar-refractivity contribution in [2.24, 2.45) is 0 Å². The highest BCUT2D eigenvalue weighted by atomic mass is 32.2. The van der Waals surface area contributed by atoms with Crippen molar-refractivity contribution < 1.29 is 13.2 Å². The van der Waals surface area contributed by atoms with Gasteiger partial charge in [-0.2, -0.15) is 4.31 Å². The van der Waals surface area contributed by atoms with E-state index in [0.29, 0.717) is 26.3 Å². The highest BCUT2D eigenvalue weighted by Crippen LogP contribution is 2.08. The number of hydrogen-bond donors (Lipinski definition) is 0. The third-order valence-corrected chi connectivity index (χ3v) is 4.66. The lowest BCUT2D eigenvalue weighted by Crippen LogP contribution is -2.39. The van der Waals surface area contributed by atoms with Crippen molar-refractivity contribution in [1.82, 2.24) is 4.31 Å². The van der Waals surface area contributed by atoms with Crippen LogP contribution in [0.3, 0.4) is 0 Å². The van der Waals surface area contributed by atoms with E-state index in [2.05, 4.69) is 0 Å². The summed E-state index contributed by atoms with van der Waals surface area (Å²) in [5.41, 5.74) is 1.22. The lowest BCUT2D eigenvalue weighted by Gasteiger charge is -2.24. The van der Waals surface area contributed by atoms with Crippen LogP contribution in [-0.2, 0) is 21.2 Å². The summed E-state index contributed by atoms with van der Waals surface area (Å²) in [4.78, 5) is 0. The zero-order valence-electron chi connectivity index (χ0n) is 10.9. The molecule has 0 spiro atoms. The van der Waals surface area contributed by atoms with Crippen LogP contribution in [0, 0.1) is 0 Å². The fraction of sp³-hybridized carbons (Fsp3) is 0.429. The van der Waals surface area contributed by atoms with Gasteiger partial charge in [0.1, 0.15) is 0 Å². The molecule has 0 aliphatic carbocycles. The molecule has 1 aliphatic rings. The lowest BCUT2D eigenvalue weighted by molar-refractivity contribution is 0.0735. The Morgan fingerprint density at radius 2 is 1.84 bits per heavy atom. The second kappa shape index (κ2) is 6.84. The number of nitrogens with zero attached hydrogens (tertiary/aromatic N) is 1. The van der Waals surface area contributed by atoms with Gasteiger partial charge in [0.25, 0.3) is 0 Å². The minimum atomic E-state index is -3.26. The Bertz CT molecular complexity index is 505. The van der Waals surface area contributed by atoms with Gasteiger partial charge in [0.15, 0.2) is 0 Å². The van der Waals surface area contributed by atoms with Crippen LogP contribution in [-0.4, -0.2) is 39.0 Å². The summed E-state index contributed by atoms with van der Waals surface area (Å²) in [5.74, 6) is 0. The molecule has 1 aliphatic heterocycles. The highest BCUT2D eigenvalue weighted by Gasteiger charge is 2.21. The number of aryl methyl sites for hydroxylation is 1. The fourth-order valence-corrected chi connectivity index (χ4v) is 3.18. The predicted octanol–water partition coefficient (Wildman–Crippen LogP) is 1.79. The number of allylic oxidation sites excluding steroid dienone is 1. The van der Waals surface area contributed by atoms with E-state index in [1.54, 1.807) is 6.08 Å². The standard InChI is InChI=1S/C14H19NO3S/c16-19(17,15-9-11-18-12-10-15)13-5-4-8-14-6-2-1-3-7-14/h1-3,5-7,13H,4,8-12H2/b13-5+. The van der Waals surface area contributed by atoms with Crippen molar-refractivity contribution in [1.29, 1.82) is 0 Å². The second-order valence-electron chi connectivity index (χ2n) is 4.45. The lowest BCUT2D eigenvalue weighted by atomic mass is 10.1. The molecule has 0 unspecified atom stereocenters. The van der Waals surface area contributed by atoms with Crippen molar-refractivity contribution in [2.75, 3.05) is 26.3 Å². The van der Waals surface area contributed by atoms with Gasteiger partial charge in [-0.05, 0) is 18.4 Å². The monoisotopic (exact) mass is 281 g/mol. The third-order valence-electron chi connectivity index (χ3n) is 3.04. The Kier molecular flexibility index (Phi) is 5.13. The average Bonchev–Trinajstić information content (AvgIpc) is 2.46. The number of morpholine rings is 1. The number of ether oxygens (including phenoxy) is 1. The van der Waals surface area contributed by atoms with Crippen LogP contribution in [0.4, 0.5) is 0 Å². The molecule has 0 bridgehead atoms. The van der Waals surface area contributed by atoms with Crippen LogP contribution in [0.2, 0.25) is 0 Å². The molecule has 0 aromatic heterocycles. The third kappa shape index (κ3) is 4.45. The smallest absolute Gasteiger partial charge is 0.236 e. The van der Waals surface area contributed by atoms with Crippen molar-refractivity contribution in [3.63, 3.8) is 0 Å². The Morgan fingerprint density at radius 3 is 2.53 bits per heavy atom. The normalized spacial score (nSPS) is 17.9. The predicted molar refractivity (Wildman–Crippen MR) is 75.2 cm³/mol. The molecule has 1 aromatic rings. The average molecular weight is 281 g/mol. The highest BCUT2D eigenvalue weighted by molar-refractivity contribution is 7.92. The molecule has 104 valence electrons. The van der Waals surface area contributed by atoms with Crippen molar-refractivity contribution in [3.8, 4) is 0 Å². The van der Waals surface area contributed by atoms with E-state index in [1.807, 2.05) is 30.3 Å². The molecule has 2 rings (SSSR count). The van der Waals surface area contributed by atoms with Crippen LogP contribution in [0.5, 0.6) is 0 Å². The van der Waals surface area contributed by atoms with Gasteiger partial charge in [-0.1, -0.05) is 36.4 Å². The first-order valence-corrected chi connectivity index (χ1v) is 7.97. The second-order valence-corrected chi connectivity index (χ2v) is 6.27. The van der Waals surface area contributed by atoms with Gasteiger partial charge in [0.05, 0.1) is 13.2 Å². The minimum absolute atomic E-state index is 0.450. The molecule has 19 heavy (non-hydrogen) atoms. The summed E-state index contributed by atoms with van der Waals surface area (Å²) in [7, 11) is -3.26. The van der Waals surface area contributed by atoms with E-state index in [1.165, 1.54) is 15.3 Å². The molecular weight excluding hydrogens is 262 g/mol. The van der Waals surface area contributed by atoms with E-state index in [-0.39, 0.29) is 0 Å². The van der Waals surface area contributed by atoms with Crippen molar-refractivity contribution in [3.05, 3.63) is 47.4 Å². The molecule has 0 radical (unpaired) electrons. The molecule has 1 heterocycles. The summed E-state index contributed by atoms with van der Waals surface area (Å²) >= 11 is 0. The Morgan fingerprint density at radius 1 is 1.16 bits per heavy atom. The minimum Gasteiger partial charge on any atom is -0.379 e. The van der Waals surface area contributed by atoms with Crippen LogP contribution in [0.15, 0.2) is 41.8 Å². The SMILES string of the molecule is O=S(=O)(/C=C/CCc1ccccc1)N1CCOCC1. The molecule has 5 heteroatoms. The summed E-state index contributed by atoms with van der Waals surface area (Å²) in [5, 5.41) is 1.32. The van der Waals surface area contributed by atoms with E-state index in [4.69, 9.17) is 4.74 Å². The largest absolute Gasteiger partial charge is 0.379 e. The maximum atomic E-state index is 12.0. The van der Waals surface area contributed by atoms with Crippen LogP contribution < -0.4 is 0 Å². The Balaban J connectivity index is 1.84. The number of benzene rings is 1. The van der Waals surface area contributed by atoms with E-state index >= 15 is 0 Å². The topological polar surface area (TPSA) is 46.6 Å². The fourth-order valence-electron chi connectivity index (χ4n) is 1.97. The zero-order chi connectivity index (χ0) is 13.6. The number of rotatable bonds is 5. The van der Waals surface area contributed by atoms with Gasteiger partial charge in [0.2, 0.25) is 10.0 Å². The number of sulfonamides is 1. The summed E-state index contributed by atoms with van der Waals surface area (Å²) in [6.07, 6.45) is 3.32. The van der Waals surface area contributed by atoms with E-state index in [0.717, 1.165) is 12.8 Å². The van der Waals surface area contributed by atoms with Gasteiger partial charge in [-0.25, -0.2) is 8.42 Å². The van der Waals surface area contributed by atoms with Crippen molar-refractivity contribution >= 4 is 10.0 Å².